The van der Waals surface area contributed by atoms with E-state index in [0.29, 0.717) is 6.54 Å². The molecule has 0 aliphatic carbocycles. The largest absolute Gasteiger partial charge is 0.368 e. The Morgan fingerprint density at radius 3 is 2.83 bits per heavy atom. The predicted octanol–water partition coefficient (Wildman–Crippen LogP) is 2.67. The smallest absolute Gasteiger partial charge is 0.239 e. The number of hydrogen-bond acceptors (Lipinski definition) is 3. The van der Waals surface area contributed by atoms with Gasteiger partial charge in [-0.15, -0.1) is 11.3 Å². The van der Waals surface area contributed by atoms with Crippen LogP contribution in [-0.2, 0) is 11.3 Å². The first-order chi connectivity index (χ1) is 8.66. The average molecular weight is 372 g/mol. The minimum atomic E-state index is -0.443. The van der Waals surface area contributed by atoms with Gasteiger partial charge in [0.25, 0.3) is 0 Å². The summed E-state index contributed by atoms with van der Waals surface area (Å²) in [5.74, 6) is -0.353. The maximum absolute atomic E-state index is 11.5. The fourth-order valence-corrected chi connectivity index (χ4v) is 2.91. The Kier molecular flexibility index (Phi) is 4.73. The molecule has 1 heterocycles. The number of amides is 1. The molecule has 1 amide bonds. The molecule has 18 heavy (non-hydrogen) atoms. The quantitative estimate of drug-likeness (QED) is 0.793. The third-order valence-electron chi connectivity index (χ3n) is 2.53. The van der Waals surface area contributed by atoms with Crippen LogP contribution in [0.3, 0.4) is 0 Å². The van der Waals surface area contributed by atoms with Crippen LogP contribution in [0, 0.1) is 3.57 Å². The molecule has 0 aliphatic heterocycles. The lowest BCUT2D eigenvalue weighted by Crippen LogP contribution is -2.33. The van der Waals surface area contributed by atoms with E-state index in [1.165, 1.54) is 4.88 Å². The summed E-state index contributed by atoms with van der Waals surface area (Å²) >= 11 is 3.88. The number of benzene rings is 1. The third kappa shape index (κ3) is 3.54. The summed E-state index contributed by atoms with van der Waals surface area (Å²) in [6, 6.07) is 11.4. The van der Waals surface area contributed by atoms with E-state index in [-0.39, 0.29) is 5.91 Å². The zero-order valence-corrected chi connectivity index (χ0v) is 12.6. The normalized spacial score (nSPS) is 12.3. The molecule has 3 N–H and O–H groups in total. The van der Waals surface area contributed by atoms with Crippen molar-refractivity contribution >= 4 is 39.8 Å². The second-order valence-electron chi connectivity index (χ2n) is 3.85. The first kappa shape index (κ1) is 13.5. The molecule has 0 aliphatic rings. The van der Waals surface area contributed by atoms with Crippen LogP contribution in [-0.4, -0.2) is 5.91 Å². The molecule has 2 aromatic rings. The topological polar surface area (TPSA) is 55.1 Å². The van der Waals surface area contributed by atoms with Gasteiger partial charge in [-0.05, 0) is 51.7 Å². The van der Waals surface area contributed by atoms with Gasteiger partial charge in [-0.3, -0.25) is 10.1 Å². The van der Waals surface area contributed by atoms with Crippen molar-refractivity contribution in [1.82, 2.24) is 5.32 Å². The van der Waals surface area contributed by atoms with Gasteiger partial charge in [0, 0.05) is 15.0 Å². The van der Waals surface area contributed by atoms with E-state index >= 15 is 0 Å². The van der Waals surface area contributed by atoms with E-state index in [0.717, 1.165) is 9.13 Å². The van der Waals surface area contributed by atoms with Gasteiger partial charge >= 0.3 is 0 Å². The lowest BCUT2D eigenvalue weighted by molar-refractivity contribution is -0.120. The van der Waals surface area contributed by atoms with Crippen LogP contribution in [0.4, 0.5) is 0 Å². The number of nitrogens with one attached hydrogen (secondary N) is 1. The molecule has 1 atom stereocenters. The summed E-state index contributed by atoms with van der Waals surface area (Å²) in [5, 5.41) is 5.21. The van der Waals surface area contributed by atoms with Crippen LogP contribution in [0.2, 0.25) is 0 Å². The molecule has 94 valence electrons. The van der Waals surface area contributed by atoms with E-state index in [1.54, 1.807) is 11.3 Å². The molecule has 0 spiro atoms. The monoisotopic (exact) mass is 372 g/mol. The number of nitrogens with two attached hydrogens (primary N) is 1. The molecule has 0 fully saturated rings. The third-order valence-corrected chi connectivity index (χ3v) is 4.07. The Labute approximate surface area is 124 Å². The van der Waals surface area contributed by atoms with E-state index in [1.807, 2.05) is 41.8 Å². The first-order valence-electron chi connectivity index (χ1n) is 5.47. The molecular weight excluding hydrogens is 359 g/mol. The van der Waals surface area contributed by atoms with Gasteiger partial charge in [0.1, 0.15) is 6.04 Å². The van der Waals surface area contributed by atoms with Crippen molar-refractivity contribution in [3.05, 3.63) is 55.8 Å². The molecule has 0 radical (unpaired) electrons. The van der Waals surface area contributed by atoms with Crippen LogP contribution in [0.1, 0.15) is 16.5 Å². The fraction of sp³-hybridized carbons (Fsp3) is 0.154. The zero-order valence-electron chi connectivity index (χ0n) is 9.60. The number of halogens is 1. The van der Waals surface area contributed by atoms with Crippen molar-refractivity contribution < 1.29 is 4.79 Å². The number of primary amides is 1. The van der Waals surface area contributed by atoms with Crippen molar-refractivity contribution in [2.45, 2.75) is 12.6 Å². The summed E-state index contributed by atoms with van der Waals surface area (Å²) in [6.07, 6.45) is 0. The average Bonchev–Trinajstić information content (AvgIpc) is 2.82. The Balaban J connectivity index is 2.11. The van der Waals surface area contributed by atoms with Crippen molar-refractivity contribution in [3.8, 4) is 0 Å². The molecule has 0 bridgehead atoms. The van der Waals surface area contributed by atoms with Crippen LogP contribution in [0.25, 0.3) is 0 Å². The molecule has 2 rings (SSSR count). The summed E-state index contributed by atoms with van der Waals surface area (Å²) < 4.78 is 1.09. The van der Waals surface area contributed by atoms with Gasteiger partial charge < -0.3 is 5.73 Å². The van der Waals surface area contributed by atoms with Gasteiger partial charge in [0.05, 0.1) is 0 Å². The minimum absolute atomic E-state index is 0.353. The van der Waals surface area contributed by atoms with E-state index < -0.39 is 6.04 Å². The molecular formula is C13H13IN2OS. The Hall–Kier alpha value is -0.920. The highest BCUT2D eigenvalue weighted by molar-refractivity contribution is 14.1. The predicted molar refractivity (Wildman–Crippen MR) is 82.3 cm³/mol. The van der Waals surface area contributed by atoms with Gasteiger partial charge in [0.15, 0.2) is 0 Å². The molecule has 1 aromatic heterocycles. The Bertz CT molecular complexity index is 528. The highest BCUT2D eigenvalue weighted by Crippen LogP contribution is 2.17. The van der Waals surface area contributed by atoms with E-state index in [4.69, 9.17) is 5.73 Å². The standard InChI is InChI=1S/C13H13IN2OS/c14-10-4-1-3-9(7-10)12(13(15)17)16-8-11-5-2-6-18-11/h1-7,12,16H,8H2,(H2,15,17). The van der Waals surface area contributed by atoms with Crippen molar-refractivity contribution in [3.63, 3.8) is 0 Å². The second kappa shape index (κ2) is 6.31. The van der Waals surface area contributed by atoms with Crippen molar-refractivity contribution in [2.75, 3.05) is 0 Å². The highest BCUT2D eigenvalue weighted by Gasteiger charge is 2.17. The Morgan fingerprint density at radius 1 is 1.39 bits per heavy atom. The molecule has 5 heteroatoms. The minimum Gasteiger partial charge on any atom is -0.368 e. The van der Waals surface area contributed by atoms with Gasteiger partial charge in [-0.2, -0.15) is 0 Å². The maximum Gasteiger partial charge on any atom is 0.239 e. The number of carbonyl (C=O) groups excluding carboxylic acids is 1. The summed E-state index contributed by atoms with van der Waals surface area (Å²) in [5.41, 5.74) is 6.37. The van der Waals surface area contributed by atoms with Crippen molar-refractivity contribution in [1.29, 1.82) is 0 Å². The van der Waals surface area contributed by atoms with Crippen LogP contribution in [0.15, 0.2) is 41.8 Å². The summed E-state index contributed by atoms with van der Waals surface area (Å²) in [6.45, 7) is 0.650. The molecule has 3 nitrogen and oxygen atoms in total. The van der Waals surface area contributed by atoms with Gasteiger partial charge in [0.2, 0.25) is 5.91 Å². The molecule has 1 aromatic carbocycles. The van der Waals surface area contributed by atoms with E-state index in [9.17, 15) is 4.79 Å². The molecule has 0 saturated heterocycles. The summed E-state index contributed by atoms with van der Waals surface area (Å²) in [4.78, 5) is 12.7. The zero-order chi connectivity index (χ0) is 13.0. The van der Waals surface area contributed by atoms with Crippen LogP contribution < -0.4 is 11.1 Å². The lowest BCUT2D eigenvalue weighted by Gasteiger charge is -2.15. The Morgan fingerprint density at radius 2 is 2.22 bits per heavy atom. The number of hydrogen-bond donors (Lipinski definition) is 2. The summed E-state index contributed by atoms with van der Waals surface area (Å²) in [7, 11) is 0. The van der Waals surface area contributed by atoms with Gasteiger partial charge in [-0.25, -0.2) is 0 Å². The van der Waals surface area contributed by atoms with Crippen LogP contribution in [0.5, 0.6) is 0 Å². The van der Waals surface area contributed by atoms with Gasteiger partial charge in [-0.1, -0.05) is 18.2 Å². The maximum atomic E-state index is 11.5. The van der Waals surface area contributed by atoms with E-state index in [2.05, 4.69) is 27.9 Å². The van der Waals surface area contributed by atoms with Crippen molar-refractivity contribution in [2.24, 2.45) is 5.73 Å². The highest BCUT2D eigenvalue weighted by atomic mass is 127. The number of thiophene rings is 1. The number of carbonyl (C=O) groups is 1. The SMILES string of the molecule is NC(=O)C(NCc1cccs1)c1cccc(I)c1. The molecule has 0 saturated carbocycles. The second-order valence-corrected chi connectivity index (χ2v) is 6.13. The van der Waals surface area contributed by atoms with Crippen LogP contribution >= 0.6 is 33.9 Å². The fourth-order valence-electron chi connectivity index (χ4n) is 1.68. The number of rotatable bonds is 5. The molecule has 1 unspecified atom stereocenters. The first-order valence-corrected chi connectivity index (χ1v) is 7.43. The lowest BCUT2D eigenvalue weighted by atomic mass is 10.1.